The highest BCUT2D eigenvalue weighted by Gasteiger charge is 2.43. The Morgan fingerprint density at radius 2 is 1.94 bits per heavy atom. The molecule has 18 heavy (non-hydrogen) atoms. The van der Waals surface area contributed by atoms with Crippen LogP contribution in [0, 0.1) is 16.7 Å². The van der Waals surface area contributed by atoms with Crippen LogP contribution in [0.25, 0.3) is 0 Å². The fraction of sp³-hybridized carbons (Fsp3) is 0.765. The number of aliphatic hydroxyl groups excluding tert-OH is 1. The molecule has 1 N–H and O–H groups in total. The van der Waals surface area contributed by atoms with Crippen LogP contribution in [0.2, 0.25) is 0 Å². The molecule has 1 atom stereocenters. The van der Waals surface area contributed by atoms with E-state index in [9.17, 15) is 5.11 Å². The topological polar surface area (TPSA) is 20.2 Å². The van der Waals surface area contributed by atoms with Crippen LogP contribution in [-0.2, 0) is 0 Å². The molecule has 1 unspecified atom stereocenters. The molecule has 1 rings (SSSR count). The van der Waals surface area contributed by atoms with Crippen LogP contribution in [0.4, 0.5) is 0 Å². The average Bonchev–Trinajstić information content (AvgIpc) is 2.29. The van der Waals surface area contributed by atoms with Gasteiger partial charge in [-0.05, 0) is 47.7 Å². The van der Waals surface area contributed by atoms with Gasteiger partial charge < -0.3 is 5.11 Å². The van der Waals surface area contributed by atoms with E-state index in [2.05, 4.69) is 47.6 Å². The molecule has 1 aliphatic carbocycles. The Balaban J connectivity index is 3.11. The highest BCUT2D eigenvalue weighted by Crippen LogP contribution is 2.53. The Morgan fingerprint density at radius 3 is 2.39 bits per heavy atom. The van der Waals surface area contributed by atoms with Gasteiger partial charge in [0.1, 0.15) is 5.76 Å². The van der Waals surface area contributed by atoms with Crippen molar-refractivity contribution in [1.82, 2.24) is 0 Å². The molecule has 0 aliphatic heterocycles. The maximum absolute atomic E-state index is 10.1. The van der Waals surface area contributed by atoms with Gasteiger partial charge in [-0.2, -0.15) is 0 Å². The van der Waals surface area contributed by atoms with E-state index in [-0.39, 0.29) is 10.8 Å². The summed E-state index contributed by atoms with van der Waals surface area (Å²) >= 11 is 0. The normalized spacial score (nSPS) is 25.1. The molecule has 1 nitrogen and oxygen atoms in total. The standard InChI is InChI=1S/C17H30O/c1-7-10-16(5,6)17(8-2)11-9-15(18)14(12-17)13(3)4/h9,11,13,18H,7-8,10,12H2,1-6H3. The van der Waals surface area contributed by atoms with Gasteiger partial charge >= 0.3 is 0 Å². The fourth-order valence-corrected chi connectivity index (χ4v) is 3.39. The summed E-state index contributed by atoms with van der Waals surface area (Å²) in [5, 5.41) is 10.1. The summed E-state index contributed by atoms with van der Waals surface area (Å²) < 4.78 is 0. The molecule has 0 radical (unpaired) electrons. The Labute approximate surface area is 113 Å². The fourth-order valence-electron chi connectivity index (χ4n) is 3.39. The Hall–Kier alpha value is -0.720. The van der Waals surface area contributed by atoms with Crippen LogP contribution in [0.5, 0.6) is 0 Å². The minimum Gasteiger partial charge on any atom is -0.508 e. The van der Waals surface area contributed by atoms with E-state index in [0.29, 0.717) is 11.7 Å². The summed E-state index contributed by atoms with van der Waals surface area (Å²) in [4.78, 5) is 0. The lowest BCUT2D eigenvalue weighted by Crippen LogP contribution is -2.38. The van der Waals surface area contributed by atoms with Gasteiger partial charge in [0, 0.05) is 0 Å². The van der Waals surface area contributed by atoms with Crippen LogP contribution < -0.4 is 0 Å². The monoisotopic (exact) mass is 250 g/mol. The van der Waals surface area contributed by atoms with E-state index in [0.717, 1.165) is 12.8 Å². The molecule has 0 saturated carbocycles. The van der Waals surface area contributed by atoms with E-state index < -0.39 is 0 Å². The van der Waals surface area contributed by atoms with Crippen LogP contribution in [0.15, 0.2) is 23.5 Å². The SMILES string of the molecule is CCCC(C)(C)C1(CC)C=CC(O)=C(C(C)C)C1. The molecule has 1 heteroatoms. The van der Waals surface area contributed by atoms with E-state index in [1.807, 2.05) is 6.08 Å². The van der Waals surface area contributed by atoms with Crippen molar-refractivity contribution in [2.75, 3.05) is 0 Å². The zero-order valence-corrected chi connectivity index (χ0v) is 13.0. The Kier molecular flexibility index (Phi) is 4.69. The first-order valence-electron chi connectivity index (χ1n) is 7.41. The van der Waals surface area contributed by atoms with Crippen molar-refractivity contribution >= 4 is 0 Å². The summed E-state index contributed by atoms with van der Waals surface area (Å²) in [5.74, 6) is 0.930. The van der Waals surface area contributed by atoms with Crippen molar-refractivity contribution in [3.8, 4) is 0 Å². The second kappa shape index (κ2) is 5.50. The first kappa shape index (κ1) is 15.3. The summed E-state index contributed by atoms with van der Waals surface area (Å²) in [7, 11) is 0. The second-order valence-electron chi connectivity index (χ2n) is 6.72. The van der Waals surface area contributed by atoms with Gasteiger partial charge in [0.25, 0.3) is 0 Å². The van der Waals surface area contributed by atoms with Gasteiger partial charge in [-0.1, -0.05) is 54.0 Å². The van der Waals surface area contributed by atoms with Crippen LogP contribution in [0.3, 0.4) is 0 Å². The molecule has 0 amide bonds. The number of allylic oxidation sites excluding steroid dienone is 3. The summed E-state index contributed by atoms with van der Waals surface area (Å²) in [5.41, 5.74) is 1.71. The average molecular weight is 250 g/mol. The van der Waals surface area contributed by atoms with Crippen molar-refractivity contribution < 1.29 is 5.11 Å². The first-order chi connectivity index (χ1) is 8.29. The molecule has 0 aromatic carbocycles. The van der Waals surface area contributed by atoms with Gasteiger partial charge in [-0.3, -0.25) is 0 Å². The lowest BCUT2D eigenvalue weighted by molar-refractivity contribution is 0.0967. The van der Waals surface area contributed by atoms with Crippen LogP contribution >= 0.6 is 0 Å². The predicted molar refractivity (Wildman–Crippen MR) is 79.7 cm³/mol. The molecule has 0 heterocycles. The molecule has 0 aromatic heterocycles. The molecule has 104 valence electrons. The molecule has 1 aliphatic rings. The quantitative estimate of drug-likeness (QED) is 0.669. The number of aliphatic hydroxyl groups is 1. The van der Waals surface area contributed by atoms with E-state index in [4.69, 9.17) is 0 Å². The molecular formula is C17H30O. The van der Waals surface area contributed by atoms with Crippen molar-refractivity contribution in [3.05, 3.63) is 23.5 Å². The largest absolute Gasteiger partial charge is 0.508 e. The van der Waals surface area contributed by atoms with Crippen LogP contribution in [0.1, 0.15) is 67.2 Å². The summed E-state index contributed by atoms with van der Waals surface area (Å²) in [6.45, 7) is 13.7. The van der Waals surface area contributed by atoms with Gasteiger partial charge in [-0.25, -0.2) is 0 Å². The van der Waals surface area contributed by atoms with Crippen molar-refractivity contribution in [2.45, 2.75) is 67.2 Å². The zero-order chi connectivity index (χ0) is 14.0. The predicted octanol–water partition coefficient (Wildman–Crippen LogP) is 5.64. The van der Waals surface area contributed by atoms with Gasteiger partial charge in [0.2, 0.25) is 0 Å². The third-order valence-electron chi connectivity index (χ3n) is 4.95. The molecule has 0 fully saturated rings. The third-order valence-corrected chi connectivity index (χ3v) is 4.95. The summed E-state index contributed by atoms with van der Waals surface area (Å²) in [6.07, 6.45) is 8.81. The highest BCUT2D eigenvalue weighted by molar-refractivity contribution is 5.31. The molecule has 0 aromatic rings. The second-order valence-corrected chi connectivity index (χ2v) is 6.72. The lowest BCUT2D eigenvalue weighted by Gasteiger charge is -2.47. The van der Waals surface area contributed by atoms with Gasteiger partial charge in [-0.15, -0.1) is 0 Å². The molecule has 0 bridgehead atoms. The molecule has 0 spiro atoms. The van der Waals surface area contributed by atoms with Gasteiger partial charge in [0.15, 0.2) is 0 Å². The number of hydrogen-bond donors (Lipinski definition) is 1. The van der Waals surface area contributed by atoms with E-state index in [1.54, 1.807) is 0 Å². The van der Waals surface area contributed by atoms with Crippen molar-refractivity contribution in [2.24, 2.45) is 16.7 Å². The minimum atomic E-state index is 0.203. The van der Waals surface area contributed by atoms with Crippen LogP contribution in [-0.4, -0.2) is 5.11 Å². The zero-order valence-electron chi connectivity index (χ0n) is 13.0. The van der Waals surface area contributed by atoms with Crippen molar-refractivity contribution in [3.63, 3.8) is 0 Å². The lowest BCUT2D eigenvalue weighted by atomic mass is 9.57. The van der Waals surface area contributed by atoms with E-state index >= 15 is 0 Å². The Bertz CT molecular complexity index is 347. The Morgan fingerprint density at radius 1 is 1.33 bits per heavy atom. The minimum absolute atomic E-state index is 0.203. The maximum Gasteiger partial charge on any atom is 0.114 e. The third kappa shape index (κ3) is 2.65. The highest BCUT2D eigenvalue weighted by atomic mass is 16.3. The number of hydrogen-bond acceptors (Lipinski definition) is 1. The smallest absolute Gasteiger partial charge is 0.114 e. The molecular weight excluding hydrogens is 220 g/mol. The van der Waals surface area contributed by atoms with E-state index in [1.165, 1.54) is 18.4 Å². The van der Waals surface area contributed by atoms with Crippen molar-refractivity contribution in [1.29, 1.82) is 0 Å². The molecule has 0 saturated heterocycles. The maximum atomic E-state index is 10.1. The first-order valence-corrected chi connectivity index (χ1v) is 7.41. The number of rotatable bonds is 5. The summed E-state index contributed by atoms with van der Waals surface area (Å²) in [6, 6.07) is 0. The van der Waals surface area contributed by atoms with Gasteiger partial charge in [0.05, 0.1) is 0 Å².